The van der Waals surface area contributed by atoms with Gasteiger partial charge in [0.15, 0.2) is 6.61 Å². The van der Waals surface area contributed by atoms with Crippen molar-refractivity contribution in [3.63, 3.8) is 0 Å². The number of ether oxygens (including phenoxy) is 1. The van der Waals surface area contributed by atoms with Crippen LogP contribution >= 0.6 is 0 Å². The van der Waals surface area contributed by atoms with Crippen LogP contribution in [0.4, 0.5) is 0 Å². The quantitative estimate of drug-likeness (QED) is 0.666. The number of amides is 2. The van der Waals surface area contributed by atoms with Crippen LogP contribution in [0.3, 0.4) is 0 Å². The number of likely N-dealkylation sites (N-methyl/N-ethyl adjacent to an activating group) is 1. The maximum absolute atomic E-state index is 12.9. The lowest BCUT2D eigenvalue weighted by Crippen LogP contribution is -2.53. The average Bonchev–Trinajstić information content (AvgIpc) is 2.71. The number of carbonyl (C=O) groups excluding carboxylic acids is 3. The molecule has 0 saturated heterocycles. The number of hydrogen-bond donors (Lipinski definition) is 1. The minimum atomic E-state index is -0.456. The first kappa shape index (κ1) is 20.9. The molecule has 0 unspecified atom stereocenters. The zero-order valence-electron chi connectivity index (χ0n) is 17.8. The van der Waals surface area contributed by atoms with Crippen molar-refractivity contribution in [2.45, 2.75) is 51.5 Å². The van der Waals surface area contributed by atoms with Crippen LogP contribution in [-0.4, -0.2) is 42.9 Å². The molecule has 4 bridgehead atoms. The lowest BCUT2D eigenvalue weighted by atomic mass is 9.49. The van der Waals surface area contributed by atoms with Crippen LogP contribution in [0.5, 0.6) is 0 Å². The number of hydrogen-bond acceptors (Lipinski definition) is 4. The average molecular weight is 413 g/mol. The fourth-order valence-electron chi connectivity index (χ4n) is 6.12. The van der Waals surface area contributed by atoms with Gasteiger partial charge in [-0.15, -0.1) is 0 Å². The molecule has 5 rings (SSSR count). The van der Waals surface area contributed by atoms with Gasteiger partial charge in [0, 0.05) is 25.6 Å². The normalized spacial score (nSPS) is 28.8. The molecule has 2 amide bonds. The van der Waals surface area contributed by atoms with E-state index in [0.29, 0.717) is 24.3 Å². The fourth-order valence-corrected chi connectivity index (χ4v) is 6.12. The van der Waals surface area contributed by atoms with Gasteiger partial charge in [0.05, 0.1) is 6.42 Å². The number of nitrogens with one attached hydrogen (secondary N) is 1. The number of carbonyl (C=O) groups is 3. The molecule has 1 N–H and O–H groups in total. The highest BCUT2D eigenvalue weighted by molar-refractivity contribution is 5.84. The van der Waals surface area contributed by atoms with Gasteiger partial charge in [-0.05, 0) is 61.8 Å². The Labute approximate surface area is 178 Å². The summed E-state index contributed by atoms with van der Waals surface area (Å²) >= 11 is 0. The molecule has 0 aliphatic heterocycles. The van der Waals surface area contributed by atoms with E-state index in [4.69, 9.17) is 4.74 Å². The molecule has 6 heteroatoms. The zero-order chi connectivity index (χ0) is 21.1. The predicted octanol–water partition coefficient (Wildman–Crippen LogP) is 2.91. The smallest absolute Gasteiger partial charge is 0.308 e. The molecule has 0 aromatic heterocycles. The van der Waals surface area contributed by atoms with Crippen molar-refractivity contribution >= 4 is 17.8 Å². The SMILES string of the molecule is CN(Cc1ccccc1)C(=O)COC(=O)CCNC(=O)C12CC3CC(CC(C3)C1)C2. The van der Waals surface area contributed by atoms with E-state index in [1.807, 2.05) is 30.3 Å². The topological polar surface area (TPSA) is 75.7 Å². The third kappa shape index (κ3) is 4.68. The lowest BCUT2D eigenvalue weighted by Gasteiger charge is -2.55. The van der Waals surface area contributed by atoms with Gasteiger partial charge in [-0.1, -0.05) is 30.3 Å². The molecule has 0 spiro atoms. The highest BCUT2D eigenvalue weighted by Gasteiger charge is 2.54. The molecule has 0 atom stereocenters. The van der Waals surface area contributed by atoms with Gasteiger partial charge in [-0.25, -0.2) is 0 Å². The van der Waals surface area contributed by atoms with Crippen LogP contribution < -0.4 is 5.32 Å². The van der Waals surface area contributed by atoms with Gasteiger partial charge >= 0.3 is 5.97 Å². The second-order valence-corrected chi connectivity index (χ2v) is 9.60. The molecule has 30 heavy (non-hydrogen) atoms. The molecule has 4 saturated carbocycles. The van der Waals surface area contributed by atoms with Crippen molar-refractivity contribution in [1.82, 2.24) is 10.2 Å². The summed E-state index contributed by atoms with van der Waals surface area (Å²) in [5.74, 6) is 1.56. The Hall–Kier alpha value is -2.37. The molecular formula is C24H32N2O4. The Bertz CT molecular complexity index is 756. The maximum Gasteiger partial charge on any atom is 0.308 e. The Kier molecular flexibility index (Phi) is 6.11. The number of rotatable bonds is 8. The molecule has 0 radical (unpaired) electrons. The summed E-state index contributed by atoms with van der Waals surface area (Å²) in [4.78, 5) is 38.6. The lowest BCUT2D eigenvalue weighted by molar-refractivity contribution is -0.152. The molecule has 162 valence electrons. The summed E-state index contributed by atoms with van der Waals surface area (Å²) in [6.45, 7) is 0.469. The van der Waals surface area contributed by atoms with Crippen molar-refractivity contribution in [2.75, 3.05) is 20.2 Å². The largest absolute Gasteiger partial charge is 0.456 e. The minimum Gasteiger partial charge on any atom is -0.456 e. The van der Waals surface area contributed by atoms with Crippen molar-refractivity contribution in [2.24, 2.45) is 23.2 Å². The third-order valence-corrected chi connectivity index (χ3v) is 7.18. The third-order valence-electron chi connectivity index (χ3n) is 7.18. The Morgan fingerprint density at radius 1 is 1.03 bits per heavy atom. The van der Waals surface area contributed by atoms with Crippen LogP contribution in [0.1, 0.15) is 50.5 Å². The van der Waals surface area contributed by atoms with E-state index in [0.717, 1.165) is 24.8 Å². The Morgan fingerprint density at radius 3 is 2.23 bits per heavy atom. The summed E-state index contributed by atoms with van der Waals surface area (Å²) in [5.41, 5.74) is 0.821. The van der Waals surface area contributed by atoms with E-state index in [2.05, 4.69) is 5.32 Å². The Balaban J connectivity index is 1.16. The number of esters is 1. The highest BCUT2D eigenvalue weighted by Crippen LogP contribution is 2.60. The molecule has 4 fully saturated rings. The van der Waals surface area contributed by atoms with Gasteiger partial charge in [-0.3, -0.25) is 14.4 Å². The van der Waals surface area contributed by atoms with Crippen LogP contribution in [-0.2, 0) is 25.7 Å². The summed E-state index contributed by atoms with van der Waals surface area (Å²) < 4.78 is 5.11. The van der Waals surface area contributed by atoms with Crippen LogP contribution in [0.2, 0.25) is 0 Å². The molecule has 6 nitrogen and oxygen atoms in total. The van der Waals surface area contributed by atoms with E-state index in [1.165, 1.54) is 24.2 Å². The van der Waals surface area contributed by atoms with E-state index >= 15 is 0 Å². The van der Waals surface area contributed by atoms with Crippen LogP contribution in [0.15, 0.2) is 30.3 Å². The molecular weight excluding hydrogens is 380 g/mol. The van der Waals surface area contributed by atoms with Gasteiger partial charge in [-0.2, -0.15) is 0 Å². The first-order valence-electron chi connectivity index (χ1n) is 11.2. The zero-order valence-corrected chi connectivity index (χ0v) is 17.8. The van der Waals surface area contributed by atoms with Crippen LogP contribution in [0, 0.1) is 23.2 Å². The maximum atomic E-state index is 12.9. The van der Waals surface area contributed by atoms with Gasteiger partial charge < -0.3 is 15.0 Å². The molecule has 4 aliphatic rings. The summed E-state index contributed by atoms with van der Waals surface area (Å²) in [5, 5.41) is 2.98. The van der Waals surface area contributed by atoms with E-state index in [-0.39, 0.29) is 36.8 Å². The summed E-state index contributed by atoms with van der Waals surface area (Å²) in [7, 11) is 1.69. The Morgan fingerprint density at radius 2 is 1.63 bits per heavy atom. The first-order chi connectivity index (χ1) is 14.4. The summed E-state index contributed by atoms with van der Waals surface area (Å²) in [6, 6.07) is 9.66. The second kappa shape index (κ2) is 8.78. The molecule has 1 aromatic carbocycles. The molecule has 4 aliphatic carbocycles. The standard InChI is InChI=1S/C24H32N2O4/c1-26(15-17-5-3-2-4-6-17)21(27)16-30-22(28)7-8-25-23(29)24-12-18-9-19(13-24)11-20(10-18)14-24/h2-6,18-20H,7-16H2,1H3,(H,25,29). The van der Waals surface area contributed by atoms with Gasteiger partial charge in [0.2, 0.25) is 5.91 Å². The number of benzene rings is 1. The van der Waals surface area contributed by atoms with Crippen molar-refractivity contribution < 1.29 is 19.1 Å². The first-order valence-corrected chi connectivity index (χ1v) is 11.2. The van der Waals surface area contributed by atoms with E-state index in [1.54, 1.807) is 7.05 Å². The number of nitrogens with zero attached hydrogens (tertiary/aromatic N) is 1. The van der Waals surface area contributed by atoms with E-state index in [9.17, 15) is 14.4 Å². The van der Waals surface area contributed by atoms with Crippen molar-refractivity contribution in [3.05, 3.63) is 35.9 Å². The van der Waals surface area contributed by atoms with Crippen molar-refractivity contribution in [1.29, 1.82) is 0 Å². The van der Waals surface area contributed by atoms with Gasteiger partial charge in [0.1, 0.15) is 0 Å². The summed E-state index contributed by atoms with van der Waals surface area (Å²) in [6.07, 6.45) is 7.02. The fraction of sp³-hybridized carbons (Fsp3) is 0.625. The minimum absolute atomic E-state index is 0.0911. The van der Waals surface area contributed by atoms with Crippen molar-refractivity contribution in [3.8, 4) is 0 Å². The molecule has 1 aromatic rings. The van der Waals surface area contributed by atoms with E-state index < -0.39 is 5.97 Å². The van der Waals surface area contributed by atoms with Gasteiger partial charge in [0.25, 0.3) is 5.91 Å². The van der Waals surface area contributed by atoms with Crippen LogP contribution in [0.25, 0.3) is 0 Å². The highest BCUT2D eigenvalue weighted by atomic mass is 16.5. The monoisotopic (exact) mass is 412 g/mol. The second-order valence-electron chi connectivity index (χ2n) is 9.60. The molecule has 0 heterocycles. The predicted molar refractivity (Wildman–Crippen MR) is 112 cm³/mol.